The van der Waals surface area contributed by atoms with Crippen molar-refractivity contribution < 1.29 is 0 Å². The van der Waals surface area contributed by atoms with Crippen LogP contribution in [-0.4, -0.2) is 30.9 Å². The topological polar surface area (TPSA) is 77.4 Å². The SMILES string of the molecule is CCN1N=C(C)C(C)n2c1nc1c2c(=O)n(Cc2cccc(C)c2)c(=O)n1C. The molecular formula is C20H24N6O2. The molecule has 0 spiro atoms. The Hall–Kier alpha value is -3.16. The van der Waals surface area contributed by atoms with Gasteiger partial charge in [-0.15, -0.1) is 0 Å². The quantitative estimate of drug-likeness (QED) is 0.697. The Balaban J connectivity index is 2.00. The third-order valence-corrected chi connectivity index (χ3v) is 5.38. The normalized spacial score (nSPS) is 16.4. The number of rotatable bonds is 3. The van der Waals surface area contributed by atoms with E-state index in [2.05, 4.69) is 10.1 Å². The highest BCUT2D eigenvalue weighted by Crippen LogP contribution is 2.29. The molecule has 0 saturated heterocycles. The van der Waals surface area contributed by atoms with E-state index in [9.17, 15) is 9.59 Å². The van der Waals surface area contributed by atoms with Gasteiger partial charge in [0.25, 0.3) is 5.56 Å². The molecule has 0 bridgehead atoms. The third-order valence-electron chi connectivity index (χ3n) is 5.38. The van der Waals surface area contributed by atoms with Crippen LogP contribution in [0.15, 0.2) is 39.0 Å². The Morgan fingerprint density at radius 1 is 1.18 bits per heavy atom. The predicted molar refractivity (Wildman–Crippen MR) is 110 cm³/mol. The molecule has 0 N–H and O–H groups in total. The van der Waals surface area contributed by atoms with Crippen molar-refractivity contribution in [3.63, 3.8) is 0 Å². The average Bonchev–Trinajstić information content (AvgIpc) is 3.07. The predicted octanol–water partition coefficient (Wildman–Crippen LogP) is 2.03. The summed E-state index contributed by atoms with van der Waals surface area (Å²) in [4.78, 5) is 30.9. The summed E-state index contributed by atoms with van der Waals surface area (Å²) in [5.74, 6) is 0.594. The van der Waals surface area contributed by atoms with Gasteiger partial charge in [0.1, 0.15) is 0 Å². The first-order chi connectivity index (χ1) is 13.3. The number of benzene rings is 1. The lowest BCUT2D eigenvalue weighted by Gasteiger charge is -2.28. The third kappa shape index (κ3) is 2.59. The summed E-state index contributed by atoms with van der Waals surface area (Å²) in [6, 6.07) is 7.72. The van der Waals surface area contributed by atoms with Crippen molar-refractivity contribution in [2.75, 3.05) is 11.6 Å². The maximum Gasteiger partial charge on any atom is 0.332 e. The second-order valence-corrected chi connectivity index (χ2v) is 7.31. The minimum Gasteiger partial charge on any atom is -0.294 e. The van der Waals surface area contributed by atoms with Crippen molar-refractivity contribution in [2.24, 2.45) is 12.1 Å². The zero-order valence-electron chi connectivity index (χ0n) is 16.8. The van der Waals surface area contributed by atoms with Crippen LogP contribution < -0.4 is 16.3 Å². The van der Waals surface area contributed by atoms with E-state index in [4.69, 9.17) is 0 Å². The van der Waals surface area contributed by atoms with E-state index in [0.717, 1.165) is 16.8 Å². The fraction of sp³-hybridized carbons (Fsp3) is 0.400. The largest absolute Gasteiger partial charge is 0.332 e. The van der Waals surface area contributed by atoms with Crippen molar-refractivity contribution in [1.82, 2.24) is 18.7 Å². The lowest BCUT2D eigenvalue weighted by atomic mass is 10.1. The number of hydrogen-bond acceptors (Lipinski definition) is 5. The van der Waals surface area contributed by atoms with E-state index in [1.165, 1.54) is 9.13 Å². The molecule has 1 aliphatic heterocycles. The molecule has 8 heteroatoms. The maximum absolute atomic E-state index is 13.4. The van der Waals surface area contributed by atoms with Crippen molar-refractivity contribution in [1.29, 1.82) is 0 Å². The number of aromatic nitrogens is 4. The van der Waals surface area contributed by atoms with Gasteiger partial charge >= 0.3 is 5.69 Å². The molecule has 1 unspecified atom stereocenters. The molecule has 8 nitrogen and oxygen atoms in total. The van der Waals surface area contributed by atoms with Gasteiger partial charge in [0, 0.05) is 13.6 Å². The maximum atomic E-state index is 13.4. The second-order valence-electron chi connectivity index (χ2n) is 7.31. The fourth-order valence-electron chi connectivity index (χ4n) is 3.73. The summed E-state index contributed by atoms with van der Waals surface area (Å²) in [6.07, 6.45) is 0. The van der Waals surface area contributed by atoms with Gasteiger partial charge in [-0.1, -0.05) is 29.8 Å². The molecule has 1 aliphatic rings. The molecule has 1 atom stereocenters. The van der Waals surface area contributed by atoms with Crippen LogP contribution in [0.1, 0.15) is 37.9 Å². The molecule has 0 aliphatic carbocycles. The zero-order chi connectivity index (χ0) is 20.2. The molecule has 0 radical (unpaired) electrons. The summed E-state index contributed by atoms with van der Waals surface area (Å²) in [6.45, 7) is 8.75. The van der Waals surface area contributed by atoms with Crippen molar-refractivity contribution in [2.45, 2.75) is 40.3 Å². The van der Waals surface area contributed by atoms with Gasteiger partial charge in [-0.25, -0.2) is 9.80 Å². The first-order valence-electron chi connectivity index (χ1n) is 9.43. The van der Waals surface area contributed by atoms with Crippen LogP contribution >= 0.6 is 0 Å². The zero-order valence-corrected chi connectivity index (χ0v) is 16.8. The summed E-state index contributed by atoms with van der Waals surface area (Å²) < 4.78 is 4.64. The van der Waals surface area contributed by atoms with E-state index >= 15 is 0 Å². The Kier molecular flexibility index (Phi) is 4.21. The minimum atomic E-state index is -0.372. The van der Waals surface area contributed by atoms with Crippen LogP contribution in [0.2, 0.25) is 0 Å². The standard InChI is InChI=1S/C20H24N6O2/c1-6-25-19-21-17-16(26(19)14(4)13(3)22-25)18(27)24(20(28)23(17)5)11-15-9-7-8-12(2)10-15/h7-10,14H,6,11H2,1-5H3. The lowest BCUT2D eigenvalue weighted by molar-refractivity contribution is 0.631. The molecule has 3 heterocycles. The number of hydrazone groups is 1. The molecule has 0 fully saturated rings. The highest BCUT2D eigenvalue weighted by Gasteiger charge is 2.29. The molecule has 0 amide bonds. The fourth-order valence-corrected chi connectivity index (χ4v) is 3.73. The number of anilines is 1. The minimum absolute atomic E-state index is 0.111. The highest BCUT2D eigenvalue weighted by atomic mass is 16.2. The second kappa shape index (κ2) is 6.47. The molecule has 2 aromatic heterocycles. The number of hydrogen-bond donors (Lipinski definition) is 0. The Labute approximate surface area is 162 Å². The molecule has 4 rings (SSSR count). The van der Waals surface area contributed by atoms with Gasteiger partial charge < -0.3 is 0 Å². The van der Waals surface area contributed by atoms with Crippen LogP contribution in [0, 0.1) is 6.92 Å². The van der Waals surface area contributed by atoms with E-state index in [-0.39, 0.29) is 23.8 Å². The number of aryl methyl sites for hydroxylation is 2. The van der Waals surface area contributed by atoms with Gasteiger partial charge in [0.15, 0.2) is 11.2 Å². The van der Waals surface area contributed by atoms with Crippen LogP contribution in [0.3, 0.4) is 0 Å². The van der Waals surface area contributed by atoms with E-state index in [0.29, 0.717) is 23.7 Å². The molecular weight excluding hydrogens is 356 g/mol. The molecule has 1 aromatic carbocycles. The molecule has 146 valence electrons. The van der Waals surface area contributed by atoms with Gasteiger partial charge in [-0.2, -0.15) is 10.1 Å². The van der Waals surface area contributed by atoms with Crippen LogP contribution in [0.5, 0.6) is 0 Å². The summed E-state index contributed by atoms with van der Waals surface area (Å²) in [5, 5.41) is 6.34. The van der Waals surface area contributed by atoms with Crippen LogP contribution in [0.4, 0.5) is 5.95 Å². The first-order valence-corrected chi connectivity index (χ1v) is 9.43. The summed E-state index contributed by atoms with van der Waals surface area (Å²) in [7, 11) is 1.66. The van der Waals surface area contributed by atoms with Gasteiger partial charge in [-0.3, -0.25) is 18.5 Å². The summed E-state index contributed by atoms with van der Waals surface area (Å²) >= 11 is 0. The van der Waals surface area contributed by atoms with Gasteiger partial charge in [0.2, 0.25) is 5.95 Å². The molecule has 0 saturated carbocycles. The summed E-state index contributed by atoms with van der Waals surface area (Å²) in [5.41, 5.74) is 3.03. The smallest absolute Gasteiger partial charge is 0.294 e. The Morgan fingerprint density at radius 3 is 2.61 bits per heavy atom. The number of nitrogens with zero attached hydrogens (tertiary/aromatic N) is 6. The lowest BCUT2D eigenvalue weighted by Crippen LogP contribution is -2.40. The molecule has 3 aromatic rings. The number of imidazole rings is 1. The van der Waals surface area contributed by atoms with Crippen molar-refractivity contribution >= 4 is 22.8 Å². The van der Waals surface area contributed by atoms with Gasteiger partial charge in [0.05, 0.1) is 18.3 Å². The van der Waals surface area contributed by atoms with E-state index in [1.807, 2.05) is 56.5 Å². The number of fused-ring (bicyclic) bond motifs is 3. The Morgan fingerprint density at radius 2 is 1.93 bits per heavy atom. The highest BCUT2D eigenvalue weighted by molar-refractivity contribution is 5.91. The van der Waals surface area contributed by atoms with Gasteiger partial charge in [-0.05, 0) is 33.3 Å². The van der Waals surface area contributed by atoms with Crippen LogP contribution in [-0.2, 0) is 13.6 Å². The first kappa shape index (κ1) is 18.2. The van der Waals surface area contributed by atoms with E-state index < -0.39 is 0 Å². The van der Waals surface area contributed by atoms with Crippen molar-refractivity contribution in [3.05, 3.63) is 56.2 Å². The van der Waals surface area contributed by atoms with Crippen LogP contribution in [0.25, 0.3) is 11.2 Å². The van der Waals surface area contributed by atoms with E-state index in [1.54, 1.807) is 12.1 Å². The average molecular weight is 380 g/mol. The van der Waals surface area contributed by atoms with Crippen molar-refractivity contribution in [3.8, 4) is 0 Å². The molecule has 28 heavy (non-hydrogen) atoms. The monoisotopic (exact) mass is 380 g/mol. The Bertz CT molecular complexity index is 1230.